The summed E-state index contributed by atoms with van der Waals surface area (Å²) in [4.78, 5) is 14.2. The molecule has 0 unspecified atom stereocenters. The monoisotopic (exact) mass is 259 g/mol. The van der Waals surface area contributed by atoms with Crippen LogP contribution in [0.15, 0.2) is 39.5 Å². The zero-order valence-corrected chi connectivity index (χ0v) is 10.9. The molecular formula is C15H17NO3. The molecule has 1 aliphatic heterocycles. The van der Waals surface area contributed by atoms with E-state index in [0.29, 0.717) is 16.7 Å². The van der Waals surface area contributed by atoms with Crippen LogP contribution in [0.25, 0.3) is 11.0 Å². The highest BCUT2D eigenvalue weighted by Gasteiger charge is 2.34. The van der Waals surface area contributed by atoms with Crippen molar-refractivity contribution in [1.82, 2.24) is 4.90 Å². The molecule has 1 fully saturated rings. The lowest BCUT2D eigenvalue weighted by molar-refractivity contribution is 0.167. The molecule has 19 heavy (non-hydrogen) atoms. The Morgan fingerprint density at radius 3 is 3.00 bits per heavy atom. The highest BCUT2D eigenvalue weighted by molar-refractivity contribution is 5.76. The number of aliphatic hydroxyl groups is 1. The topological polar surface area (TPSA) is 53.7 Å². The Morgan fingerprint density at radius 1 is 1.42 bits per heavy atom. The molecule has 0 bridgehead atoms. The van der Waals surface area contributed by atoms with Crippen molar-refractivity contribution in [3.8, 4) is 0 Å². The molecular weight excluding hydrogens is 242 g/mol. The minimum absolute atomic E-state index is 0.0110. The summed E-state index contributed by atoms with van der Waals surface area (Å²) in [5.41, 5.74) is 0.610. The van der Waals surface area contributed by atoms with Gasteiger partial charge in [0, 0.05) is 18.0 Å². The summed E-state index contributed by atoms with van der Waals surface area (Å²) in [5.74, 6) is 0.777. The SMILES string of the molecule is CN1CC[C@H](c2cc(=O)c3ccccc3o2)[C@@H]1CO. The van der Waals surface area contributed by atoms with E-state index >= 15 is 0 Å². The molecule has 2 aromatic rings. The summed E-state index contributed by atoms with van der Waals surface area (Å²) >= 11 is 0. The molecule has 1 aromatic heterocycles. The maximum absolute atomic E-state index is 12.1. The standard InChI is InChI=1S/C15H17NO3/c1-16-7-6-10(12(16)9-17)15-8-13(18)11-4-2-3-5-14(11)19-15/h2-5,8,10,12,17H,6-7,9H2,1H3/t10-,12-/m0/s1. The quantitative estimate of drug-likeness (QED) is 0.889. The lowest BCUT2D eigenvalue weighted by atomic mass is 9.97. The third-order valence-corrected chi connectivity index (χ3v) is 4.03. The number of fused-ring (bicyclic) bond motifs is 1. The van der Waals surface area contributed by atoms with Crippen LogP contribution in [0.2, 0.25) is 0 Å². The van der Waals surface area contributed by atoms with E-state index in [1.807, 2.05) is 25.2 Å². The molecule has 4 heteroatoms. The highest BCUT2D eigenvalue weighted by atomic mass is 16.3. The predicted molar refractivity (Wildman–Crippen MR) is 73.3 cm³/mol. The van der Waals surface area contributed by atoms with Gasteiger partial charge in [-0.25, -0.2) is 0 Å². The normalized spacial score (nSPS) is 24.1. The van der Waals surface area contributed by atoms with Crippen molar-refractivity contribution in [1.29, 1.82) is 0 Å². The summed E-state index contributed by atoms with van der Waals surface area (Å²) in [6.45, 7) is 0.990. The number of aliphatic hydroxyl groups excluding tert-OH is 1. The minimum atomic E-state index is -0.0110. The zero-order valence-electron chi connectivity index (χ0n) is 10.9. The molecule has 1 aliphatic rings. The number of hydrogen-bond acceptors (Lipinski definition) is 4. The molecule has 1 aromatic carbocycles. The number of para-hydroxylation sites is 1. The third-order valence-electron chi connectivity index (χ3n) is 4.03. The maximum atomic E-state index is 12.1. The van der Waals surface area contributed by atoms with Crippen LogP contribution in [0.5, 0.6) is 0 Å². The first-order chi connectivity index (χ1) is 9.20. The van der Waals surface area contributed by atoms with Gasteiger partial charge in [-0.15, -0.1) is 0 Å². The smallest absolute Gasteiger partial charge is 0.192 e. The van der Waals surface area contributed by atoms with Gasteiger partial charge < -0.3 is 14.4 Å². The minimum Gasteiger partial charge on any atom is -0.460 e. The Bertz CT molecular complexity index is 649. The van der Waals surface area contributed by atoms with Crippen LogP contribution < -0.4 is 5.43 Å². The van der Waals surface area contributed by atoms with Gasteiger partial charge in [0.05, 0.1) is 12.0 Å². The summed E-state index contributed by atoms with van der Waals surface area (Å²) < 4.78 is 5.87. The van der Waals surface area contributed by atoms with Gasteiger partial charge in [-0.05, 0) is 32.1 Å². The highest BCUT2D eigenvalue weighted by Crippen LogP contribution is 2.32. The molecule has 0 saturated carbocycles. The Kier molecular flexibility index (Phi) is 3.12. The number of likely N-dealkylation sites (tertiary alicyclic amines) is 1. The van der Waals surface area contributed by atoms with Crippen LogP contribution in [0.1, 0.15) is 18.1 Å². The van der Waals surface area contributed by atoms with E-state index < -0.39 is 0 Å². The molecule has 1 saturated heterocycles. The first kappa shape index (κ1) is 12.4. The average Bonchev–Trinajstić information content (AvgIpc) is 2.80. The number of rotatable bonds is 2. The maximum Gasteiger partial charge on any atom is 0.192 e. The van der Waals surface area contributed by atoms with Gasteiger partial charge in [0.15, 0.2) is 5.43 Å². The summed E-state index contributed by atoms with van der Waals surface area (Å²) in [5, 5.41) is 10.1. The van der Waals surface area contributed by atoms with E-state index in [1.54, 1.807) is 12.1 Å². The number of nitrogens with zero attached hydrogens (tertiary/aromatic N) is 1. The fraction of sp³-hybridized carbons (Fsp3) is 0.400. The number of hydrogen-bond donors (Lipinski definition) is 1. The molecule has 0 radical (unpaired) electrons. The van der Waals surface area contributed by atoms with Crippen LogP contribution in [0.3, 0.4) is 0 Å². The molecule has 0 amide bonds. The average molecular weight is 259 g/mol. The molecule has 100 valence electrons. The van der Waals surface area contributed by atoms with E-state index in [-0.39, 0.29) is 24.0 Å². The molecule has 3 rings (SSSR count). The van der Waals surface area contributed by atoms with Gasteiger partial charge in [-0.1, -0.05) is 12.1 Å². The van der Waals surface area contributed by atoms with E-state index in [4.69, 9.17) is 4.42 Å². The van der Waals surface area contributed by atoms with Crippen molar-refractivity contribution in [2.75, 3.05) is 20.2 Å². The largest absolute Gasteiger partial charge is 0.460 e. The summed E-state index contributed by atoms with van der Waals surface area (Å²) in [6.07, 6.45) is 0.906. The molecule has 2 atom stereocenters. The van der Waals surface area contributed by atoms with Crippen molar-refractivity contribution < 1.29 is 9.52 Å². The van der Waals surface area contributed by atoms with E-state index in [9.17, 15) is 9.90 Å². The van der Waals surface area contributed by atoms with Gasteiger partial charge in [-0.3, -0.25) is 4.79 Å². The van der Waals surface area contributed by atoms with Crippen LogP contribution >= 0.6 is 0 Å². The van der Waals surface area contributed by atoms with Gasteiger partial charge in [-0.2, -0.15) is 0 Å². The Hall–Kier alpha value is -1.65. The van der Waals surface area contributed by atoms with Gasteiger partial charge in [0.25, 0.3) is 0 Å². The molecule has 1 N–H and O–H groups in total. The Morgan fingerprint density at radius 2 is 2.21 bits per heavy atom. The second-order valence-corrected chi connectivity index (χ2v) is 5.13. The second kappa shape index (κ2) is 4.79. The lowest BCUT2D eigenvalue weighted by Crippen LogP contribution is -2.32. The Labute approximate surface area is 111 Å². The zero-order chi connectivity index (χ0) is 13.4. The van der Waals surface area contributed by atoms with Crippen molar-refractivity contribution in [2.45, 2.75) is 18.4 Å². The second-order valence-electron chi connectivity index (χ2n) is 5.13. The molecule has 4 nitrogen and oxygen atoms in total. The molecule has 0 spiro atoms. The number of likely N-dealkylation sites (N-methyl/N-ethyl adjacent to an activating group) is 1. The first-order valence-electron chi connectivity index (χ1n) is 6.54. The van der Waals surface area contributed by atoms with Crippen molar-refractivity contribution in [2.24, 2.45) is 0 Å². The van der Waals surface area contributed by atoms with Gasteiger partial charge in [0.2, 0.25) is 0 Å². The first-order valence-corrected chi connectivity index (χ1v) is 6.54. The van der Waals surface area contributed by atoms with Crippen LogP contribution in [0.4, 0.5) is 0 Å². The van der Waals surface area contributed by atoms with E-state index in [2.05, 4.69) is 4.90 Å². The van der Waals surface area contributed by atoms with Gasteiger partial charge in [0.1, 0.15) is 11.3 Å². The predicted octanol–water partition coefficient (Wildman–Crippen LogP) is 1.57. The summed E-state index contributed by atoms with van der Waals surface area (Å²) in [7, 11) is 1.99. The lowest BCUT2D eigenvalue weighted by Gasteiger charge is -2.22. The van der Waals surface area contributed by atoms with Crippen molar-refractivity contribution >= 4 is 11.0 Å². The van der Waals surface area contributed by atoms with Crippen LogP contribution in [-0.2, 0) is 0 Å². The van der Waals surface area contributed by atoms with E-state index in [1.165, 1.54) is 0 Å². The fourth-order valence-electron chi connectivity index (χ4n) is 2.91. The number of benzene rings is 1. The van der Waals surface area contributed by atoms with Crippen molar-refractivity contribution in [3.05, 3.63) is 46.3 Å². The summed E-state index contributed by atoms with van der Waals surface area (Å²) in [6, 6.07) is 8.89. The molecule has 2 heterocycles. The van der Waals surface area contributed by atoms with Crippen LogP contribution in [0, 0.1) is 0 Å². The third kappa shape index (κ3) is 2.07. The molecule has 0 aliphatic carbocycles. The fourth-order valence-corrected chi connectivity index (χ4v) is 2.91. The Balaban J connectivity index is 2.08. The van der Waals surface area contributed by atoms with Crippen LogP contribution in [-0.4, -0.2) is 36.2 Å². The van der Waals surface area contributed by atoms with Gasteiger partial charge >= 0.3 is 0 Å². The van der Waals surface area contributed by atoms with Crippen molar-refractivity contribution in [3.63, 3.8) is 0 Å². The van der Waals surface area contributed by atoms with E-state index in [0.717, 1.165) is 13.0 Å².